The minimum absolute atomic E-state index is 0.161. The van der Waals surface area contributed by atoms with Crippen molar-refractivity contribution < 1.29 is 4.39 Å². The summed E-state index contributed by atoms with van der Waals surface area (Å²) in [4.78, 5) is 0. The third-order valence-electron chi connectivity index (χ3n) is 2.08. The van der Waals surface area contributed by atoms with Gasteiger partial charge in [0.25, 0.3) is 0 Å². The normalized spacial score (nSPS) is 11.0. The molecule has 0 aliphatic heterocycles. The van der Waals surface area contributed by atoms with Gasteiger partial charge in [0.05, 0.1) is 9.72 Å². The highest BCUT2D eigenvalue weighted by Crippen LogP contribution is 2.33. The van der Waals surface area contributed by atoms with Crippen molar-refractivity contribution in [3.05, 3.63) is 33.9 Å². The molecule has 0 aliphatic carbocycles. The summed E-state index contributed by atoms with van der Waals surface area (Å²) in [7, 11) is 0. The topological polar surface area (TPSA) is 0 Å². The van der Waals surface area contributed by atoms with Crippen molar-refractivity contribution in [3.8, 4) is 0 Å². The summed E-state index contributed by atoms with van der Waals surface area (Å²) in [6.45, 7) is 1.97. The second-order valence-corrected chi connectivity index (χ2v) is 4.14. The molecule has 0 spiro atoms. The van der Waals surface area contributed by atoms with E-state index in [0.717, 1.165) is 17.4 Å². The van der Waals surface area contributed by atoms with Crippen LogP contribution in [0, 0.1) is 5.82 Å². The van der Waals surface area contributed by atoms with Crippen LogP contribution >= 0.6 is 22.9 Å². The summed E-state index contributed by atoms with van der Waals surface area (Å²) in [6.07, 6.45) is 0.765. The lowest BCUT2D eigenvalue weighted by Crippen LogP contribution is -1.85. The third-order valence-corrected chi connectivity index (χ3v) is 3.45. The summed E-state index contributed by atoms with van der Waals surface area (Å²) in [5, 5.41) is 3.39. The van der Waals surface area contributed by atoms with Gasteiger partial charge < -0.3 is 0 Å². The number of fused-ring (bicyclic) bond motifs is 1. The van der Waals surface area contributed by atoms with Crippen LogP contribution in [0.2, 0.25) is 5.02 Å². The Labute approximate surface area is 85.0 Å². The predicted molar refractivity (Wildman–Crippen MR) is 56.2 cm³/mol. The van der Waals surface area contributed by atoms with E-state index in [0.29, 0.717) is 9.72 Å². The average Bonchev–Trinajstić information content (AvgIpc) is 2.60. The molecule has 0 nitrogen and oxygen atoms in total. The van der Waals surface area contributed by atoms with E-state index in [1.54, 1.807) is 0 Å². The van der Waals surface area contributed by atoms with Crippen LogP contribution < -0.4 is 0 Å². The largest absolute Gasteiger partial charge is 0.205 e. The molecule has 0 saturated heterocycles. The van der Waals surface area contributed by atoms with E-state index in [1.807, 2.05) is 18.4 Å². The first-order valence-corrected chi connectivity index (χ1v) is 5.34. The molecule has 3 heteroatoms. The van der Waals surface area contributed by atoms with Gasteiger partial charge in [-0.3, -0.25) is 0 Å². The highest BCUT2D eigenvalue weighted by Gasteiger charge is 2.09. The van der Waals surface area contributed by atoms with E-state index in [2.05, 4.69) is 0 Å². The molecular weight excluding hydrogens is 207 g/mol. The van der Waals surface area contributed by atoms with Gasteiger partial charge in [-0.15, -0.1) is 11.3 Å². The maximum Gasteiger partial charge on any atom is 0.141 e. The fourth-order valence-electron chi connectivity index (χ4n) is 1.38. The lowest BCUT2D eigenvalue weighted by atomic mass is 10.1. The molecule has 68 valence electrons. The molecule has 0 unspecified atom stereocenters. The molecule has 0 atom stereocenters. The molecule has 0 radical (unpaired) electrons. The van der Waals surface area contributed by atoms with E-state index in [1.165, 1.54) is 17.4 Å². The number of aryl methyl sites for hydroxylation is 1. The van der Waals surface area contributed by atoms with Crippen molar-refractivity contribution in [2.45, 2.75) is 13.3 Å². The van der Waals surface area contributed by atoms with Crippen molar-refractivity contribution in [3.63, 3.8) is 0 Å². The standard InChI is InChI=1S/C10H8ClFS/c1-2-6-5-8(12)10-7(9(6)11)3-4-13-10/h3-5H,2H2,1H3. The smallest absolute Gasteiger partial charge is 0.141 e. The van der Waals surface area contributed by atoms with Crippen molar-refractivity contribution in [1.29, 1.82) is 0 Å². The van der Waals surface area contributed by atoms with E-state index in [-0.39, 0.29) is 5.82 Å². The summed E-state index contributed by atoms with van der Waals surface area (Å²) in [5.41, 5.74) is 0.880. The Bertz CT molecular complexity index is 447. The van der Waals surface area contributed by atoms with Crippen LogP contribution in [-0.2, 0) is 6.42 Å². The van der Waals surface area contributed by atoms with Gasteiger partial charge >= 0.3 is 0 Å². The lowest BCUT2D eigenvalue weighted by molar-refractivity contribution is 0.640. The molecule has 0 saturated carbocycles. The fraction of sp³-hybridized carbons (Fsp3) is 0.200. The van der Waals surface area contributed by atoms with Crippen molar-refractivity contribution in [2.75, 3.05) is 0 Å². The first-order valence-electron chi connectivity index (χ1n) is 4.08. The Morgan fingerprint density at radius 1 is 1.54 bits per heavy atom. The second kappa shape index (κ2) is 3.28. The van der Waals surface area contributed by atoms with Crippen LogP contribution in [0.1, 0.15) is 12.5 Å². The van der Waals surface area contributed by atoms with Crippen molar-refractivity contribution >= 4 is 33.0 Å². The Kier molecular flexibility index (Phi) is 2.26. The minimum atomic E-state index is -0.161. The SMILES string of the molecule is CCc1cc(F)c2sccc2c1Cl. The zero-order valence-electron chi connectivity index (χ0n) is 7.10. The second-order valence-electron chi connectivity index (χ2n) is 2.85. The Hall–Kier alpha value is -0.600. The van der Waals surface area contributed by atoms with Gasteiger partial charge in [-0.05, 0) is 29.5 Å². The number of rotatable bonds is 1. The molecule has 2 aromatic rings. The predicted octanol–water partition coefficient (Wildman–Crippen LogP) is 4.26. The summed E-state index contributed by atoms with van der Waals surface area (Å²) < 4.78 is 14.1. The number of hydrogen-bond donors (Lipinski definition) is 0. The van der Waals surface area contributed by atoms with Gasteiger partial charge in [-0.25, -0.2) is 4.39 Å². The van der Waals surface area contributed by atoms with E-state index in [4.69, 9.17) is 11.6 Å². The molecule has 1 aromatic carbocycles. The van der Waals surface area contributed by atoms with Gasteiger partial charge in [0.2, 0.25) is 0 Å². The third kappa shape index (κ3) is 1.34. The van der Waals surface area contributed by atoms with E-state index in [9.17, 15) is 4.39 Å². The van der Waals surface area contributed by atoms with Crippen LogP contribution in [0.25, 0.3) is 10.1 Å². The number of benzene rings is 1. The maximum absolute atomic E-state index is 13.4. The Morgan fingerprint density at radius 3 is 3.00 bits per heavy atom. The molecule has 1 heterocycles. The first kappa shape index (κ1) is 8.97. The molecule has 0 N–H and O–H groups in total. The van der Waals surface area contributed by atoms with Crippen LogP contribution in [0.15, 0.2) is 17.5 Å². The molecule has 13 heavy (non-hydrogen) atoms. The quantitative estimate of drug-likeness (QED) is 0.666. The monoisotopic (exact) mass is 214 g/mol. The molecule has 0 amide bonds. The van der Waals surface area contributed by atoms with Crippen molar-refractivity contribution in [2.24, 2.45) is 0 Å². The molecule has 2 rings (SSSR count). The molecule has 0 fully saturated rings. The van der Waals surface area contributed by atoms with E-state index >= 15 is 0 Å². The number of thiophene rings is 1. The number of halogens is 2. The summed E-state index contributed by atoms with van der Waals surface area (Å²) in [5.74, 6) is -0.161. The van der Waals surface area contributed by atoms with Gasteiger partial charge in [-0.1, -0.05) is 18.5 Å². The Balaban J connectivity index is 2.85. The Morgan fingerprint density at radius 2 is 2.31 bits per heavy atom. The van der Waals surface area contributed by atoms with Gasteiger partial charge in [0, 0.05) is 5.39 Å². The molecular formula is C10H8ClFS. The van der Waals surface area contributed by atoms with Crippen molar-refractivity contribution in [1.82, 2.24) is 0 Å². The average molecular weight is 215 g/mol. The molecule has 0 bridgehead atoms. The zero-order valence-corrected chi connectivity index (χ0v) is 8.68. The summed E-state index contributed by atoms with van der Waals surface area (Å²) in [6, 6.07) is 3.39. The van der Waals surface area contributed by atoms with Crippen LogP contribution in [0.5, 0.6) is 0 Å². The lowest BCUT2D eigenvalue weighted by Gasteiger charge is -2.02. The van der Waals surface area contributed by atoms with Crippen LogP contribution in [0.4, 0.5) is 4.39 Å². The zero-order chi connectivity index (χ0) is 9.42. The highest BCUT2D eigenvalue weighted by atomic mass is 35.5. The fourth-order valence-corrected chi connectivity index (χ4v) is 2.59. The van der Waals surface area contributed by atoms with Gasteiger partial charge in [-0.2, -0.15) is 0 Å². The number of hydrogen-bond acceptors (Lipinski definition) is 1. The van der Waals surface area contributed by atoms with Gasteiger partial charge in [0.1, 0.15) is 5.82 Å². The first-order chi connectivity index (χ1) is 6.24. The summed E-state index contributed by atoms with van der Waals surface area (Å²) >= 11 is 7.48. The van der Waals surface area contributed by atoms with Gasteiger partial charge in [0.15, 0.2) is 0 Å². The van der Waals surface area contributed by atoms with E-state index < -0.39 is 0 Å². The molecule has 0 aliphatic rings. The molecule has 1 aromatic heterocycles. The maximum atomic E-state index is 13.4. The van der Waals surface area contributed by atoms with Crippen LogP contribution in [-0.4, -0.2) is 0 Å². The minimum Gasteiger partial charge on any atom is -0.205 e. The highest BCUT2D eigenvalue weighted by molar-refractivity contribution is 7.17. The van der Waals surface area contributed by atoms with Crippen LogP contribution in [0.3, 0.4) is 0 Å².